The second-order valence-electron chi connectivity index (χ2n) is 5.50. The van der Waals surface area contributed by atoms with E-state index in [0.29, 0.717) is 18.4 Å². The largest absolute Gasteiger partial charge is 0.491 e. The zero-order chi connectivity index (χ0) is 12.5. The standard InChI is InChI=1S/C15H20FNO/c1-2-18-15-6-5-12(9-13(15)16)17-14-8-10-3-4-11(14)7-10/h5-6,9-11,14,17H,2-4,7-8H2,1H3. The van der Waals surface area contributed by atoms with Gasteiger partial charge in [-0.3, -0.25) is 0 Å². The molecule has 3 rings (SSSR count). The summed E-state index contributed by atoms with van der Waals surface area (Å²) in [6.45, 7) is 2.36. The Morgan fingerprint density at radius 2 is 2.22 bits per heavy atom. The molecule has 3 atom stereocenters. The summed E-state index contributed by atoms with van der Waals surface area (Å²) in [6, 6.07) is 5.73. The summed E-state index contributed by atoms with van der Waals surface area (Å²) in [5.74, 6) is 1.77. The van der Waals surface area contributed by atoms with Crippen LogP contribution < -0.4 is 10.1 Å². The lowest BCUT2D eigenvalue weighted by Crippen LogP contribution is -2.25. The van der Waals surface area contributed by atoms with Gasteiger partial charge in [0.05, 0.1) is 6.61 Å². The Bertz CT molecular complexity index is 435. The number of hydrogen-bond donors (Lipinski definition) is 1. The molecule has 98 valence electrons. The minimum absolute atomic E-state index is 0.273. The van der Waals surface area contributed by atoms with Gasteiger partial charge in [-0.1, -0.05) is 6.42 Å². The highest BCUT2D eigenvalue weighted by Crippen LogP contribution is 2.45. The normalized spacial score (nSPS) is 29.6. The highest BCUT2D eigenvalue weighted by Gasteiger charge is 2.39. The zero-order valence-corrected chi connectivity index (χ0v) is 10.8. The fourth-order valence-corrected chi connectivity index (χ4v) is 3.50. The average molecular weight is 249 g/mol. The van der Waals surface area contributed by atoms with E-state index in [4.69, 9.17) is 4.74 Å². The first kappa shape index (κ1) is 11.8. The molecule has 2 aliphatic carbocycles. The molecule has 0 radical (unpaired) electrons. The Morgan fingerprint density at radius 3 is 2.83 bits per heavy atom. The van der Waals surface area contributed by atoms with E-state index in [1.54, 1.807) is 12.1 Å². The van der Waals surface area contributed by atoms with Crippen LogP contribution in [0.1, 0.15) is 32.6 Å². The predicted molar refractivity (Wildman–Crippen MR) is 70.4 cm³/mol. The number of hydrogen-bond acceptors (Lipinski definition) is 2. The number of rotatable bonds is 4. The van der Waals surface area contributed by atoms with E-state index in [2.05, 4.69) is 5.32 Å². The van der Waals surface area contributed by atoms with Crippen molar-refractivity contribution in [2.45, 2.75) is 38.6 Å². The minimum atomic E-state index is -0.273. The lowest BCUT2D eigenvalue weighted by Gasteiger charge is -2.24. The first-order valence-electron chi connectivity index (χ1n) is 6.95. The summed E-state index contributed by atoms with van der Waals surface area (Å²) in [5, 5.41) is 3.49. The maximum absolute atomic E-state index is 13.7. The van der Waals surface area contributed by atoms with Gasteiger partial charge in [-0.15, -0.1) is 0 Å². The van der Waals surface area contributed by atoms with Crippen LogP contribution >= 0.6 is 0 Å². The summed E-state index contributed by atoms with van der Waals surface area (Å²) < 4.78 is 18.9. The van der Waals surface area contributed by atoms with Crippen LogP contribution in [0.5, 0.6) is 5.75 Å². The average Bonchev–Trinajstić information content (AvgIpc) is 2.95. The molecule has 2 saturated carbocycles. The third-order valence-electron chi connectivity index (χ3n) is 4.32. The number of nitrogens with one attached hydrogen (secondary N) is 1. The van der Waals surface area contributed by atoms with E-state index in [1.807, 2.05) is 13.0 Å². The molecule has 1 aromatic carbocycles. The Kier molecular flexibility index (Phi) is 3.14. The molecule has 1 N–H and O–H groups in total. The van der Waals surface area contributed by atoms with Gasteiger partial charge < -0.3 is 10.1 Å². The number of ether oxygens (including phenoxy) is 1. The van der Waals surface area contributed by atoms with Crippen LogP contribution in [-0.4, -0.2) is 12.6 Å². The smallest absolute Gasteiger partial charge is 0.167 e. The van der Waals surface area contributed by atoms with Crippen molar-refractivity contribution in [3.63, 3.8) is 0 Å². The quantitative estimate of drug-likeness (QED) is 0.875. The van der Waals surface area contributed by atoms with Crippen LogP contribution in [0.2, 0.25) is 0 Å². The molecule has 0 aromatic heterocycles. The van der Waals surface area contributed by atoms with Crippen LogP contribution in [-0.2, 0) is 0 Å². The van der Waals surface area contributed by atoms with E-state index in [1.165, 1.54) is 25.7 Å². The third-order valence-corrected chi connectivity index (χ3v) is 4.32. The van der Waals surface area contributed by atoms with Gasteiger partial charge in [-0.2, -0.15) is 0 Å². The summed E-state index contributed by atoms with van der Waals surface area (Å²) in [7, 11) is 0. The molecule has 3 heteroatoms. The molecule has 0 amide bonds. The first-order chi connectivity index (χ1) is 8.76. The van der Waals surface area contributed by atoms with Gasteiger partial charge in [-0.05, 0) is 50.2 Å². The van der Waals surface area contributed by atoms with Gasteiger partial charge in [0.1, 0.15) is 0 Å². The van der Waals surface area contributed by atoms with Crippen molar-refractivity contribution >= 4 is 5.69 Å². The van der Waals surface area contributed by atoms with E-state index in [0.717, 1.165) is 17.5 Å². The van der Waals surface area contributed by atoms with Gasteiger partial charge in [0.15, 0.2) is 11.6 Å². The van der Waals surface area contributed by atoms with Crippen molar-refractivity contribution in [1.82, 2.24) is 0 Å². The molecule has 2 nitrogen and oxygen atoms in total. The molecule has 18 heavy (non-hydrogen) atoms. The maximum atomic E-state index is 13.7. The fourth-order valence-electron chi connectivity index (χ4n) is 3.50. The van der Waals surface area contributed by atoms with Crippen molar-refractivity contribution < 1.29 is 9.13 Å². The molecule has 0 heterocycles. The Hall–Kier alpha value is -1.25. The lowest BCUT2D eigenvalue weighted by atomic mass is 9.95. The fraction of sp³-hybridized carbons (Fsp3) is 0.600. The lowest BCUT2D eigenvalue weighted by molar-refractivity contribution is 0.321. The summed E-state index contributed by atoms with van der Waals surface area (Å²) in [5.41, 5.74) is 0.883. The van der Waals surface area contributed by atoms with Crippen LogP contribution in [0.4, 0.5) is 10.1 Å². The van der Waals surface area contributed by atoms with Crippen LogP contribution in [0.25, 0.3) is 0 Å². The van der Waals surface area contributed by atoms with Crippen molar-refractivity contribution in [1.29, 1.82) is 0 Å². The number of halogens is 1. The van der Waals surface area contributed by atoms with Gasteiger partial charge in [0.25, 0.3) is 0 Å². The molecule has 2 bridgehead atoms. The second-order valence-corrected chi connectivity index (χ2v) is 5.50. The van der Waals surface area contributed by atoms with Crippen LogP contribution in [0.15, 0.2) is 18.2 Å². The molecule has 0 aliphatic heterocycles. The van der Waals surface area contributed by atoms with Crippen molar-refractivity contribution in [2.24, 2.45) is 11.8 Å². The Balaban J connectivity index is 1.68. The van der Waals surface area contributed by atoms with E-state index in [9.17, 15) is 4.39 Å². The van der Waals surface area contributed by atoms with E-state index in [-0.39, 0.29) is 5.82 Å². The highest BCUT2D eigenvalue weighted by atomic mass is 19.1. The number of benzene rings is 1. The molecule has 2 aliphatic rings. The highest BCUT2D eigenvalue weighted by molar-refractivity contribution is 5.48. The number of fused-ring (bicyclic) bond motifs is 2. The van der Waals surface area contributed by atoms with Crippen LogP contribution in [0, 0.1) is 17.7 Å². The topological polar surface area (TPSA) is 21.3 Å². The monoisotopic (exact) mass is 249 g/mol. The zero-order valence-electron chi connectivity index (χ0n) is 10.8. The van der Waals surface area contributed by atoms with Crippen molar-refractivity contribution in [2.75, 3.05) is 11.9 Å². The van der Waals surface area contributed by atoms with Gasteiger partial charge >= 0.3 is 0 Å². The van der Waals surface area contributed by atoms with E-state index < -0.39 is 0 Å². The van der Waals surface area contributed by atoms with Gasteiger partial charge in [0, 0.05) is 17.8 Å². The maximum Gasteiger partial charge on any atom is 0.167 e. The third kappa shape index (κ3) is 2.18. The summed E-state index contributed by atoms with van der Waals surface area (Å²) >= 11 is 0. The Labute approximate surface area is 108 Å². The van der Waals surface area contributed by atoms with E-state index >= 15 is 0 Å². The number of anilines is 1. The van der Waals surface area contributed by atoms with Gasteiger partial charge in [-0.25, -0.2) is 4.39 Å². The molecule has 2 fully saturated rings. The molecule has 1 aromatic rings. The first-order valence-corrected chi connectivity index (χ1v) is 6.95. The molecular weight excluding hydrogens is 229 g/mol. The Morgan fingerprint density at radius 1 is 1.33 bits per heavy atom. The summed E-state index contributed by atoms with van der Waals surface area (Å²) in [6.07, 6.45) is 5.33. The summed E-state index contributed by atoms with van der Waals surface area (Å²) in [4.78, 5) is 0. The molecular formula is C15H20FNO. The second kappa shape index (κ2) is 4.79. The SMILES string of the molecule is CCOc1ccc(NC2CC3CCC2C3)cc1F. The minimum Gasteiger partial charge on any atom is -0.491 e. The van der Waals surface area contributed by atoms with Crippen molar-refractivity contribution in [3.05, 3.63) is 24.0 Å². The molecule has 3 unspecified atom stereocenters. The van der Waals surface area contributed by atoms with Gasteiger partial charge in [0.2, 0.25) is 0 Å². The molecule has 0 saturated heterocycles. The predicted octanol–water partition coefficient (Wildman–Crippen LogP) is 3.82. The van der Waals surface area contributed by atoms with Crippen molar-refractivity contribution in [3.8, 4) is 5.75 Å². The molecule has 0 spiro atoms. The van der Waals surface area contributed by atoms with Crippen LogP contribution in [0.3, 0.4) is 0 Å².